The van der Waals surface area contributed by atoms with Gasteiger partial charge >= 0.3 is 0 Å². The van der Waals surface area contributed by atoms with Gasteiger partial charge in [0.15, 0.2) is 11.3 Å². The first-order chi connectivity index (χ1) is 11.6. The molecule has 0 bridgehead atoms. The highest BCUT2D eigenvalue weighted by Gasteiger charge is 2.18. The van der Waals surface area contributed by atoms with Crippen molar-refractivity contribution in [2.75, 3.05) is 6.54 Å². The van der Waals surface area contributed by atoms with Crippen LogP contribution >= 0.6 is 0 Å². The Bertz CT molecular complexity index is 922. The third-order valence-corrected chi connectivity index (χ3v) is 3.42. The maximum atomic E-state index is 13.9. The van der Waals surface area contributed by atoms with Crippen LogP contribution in [0, 0.1) is 5.82 Å². The number of halogens is 1. The Morgan fingerprint density at radius 3 is 2.75 bits per heavy atom. The predicted octanol–water partition coefficient (Wildman–Crippen LogP) is 0.834. The van der Waals surface area contributed by atoms with Gasteiger partial charge in [-0.3, -0.25) is 9.59 Å². The normalized spacial score (nSPS) is 10.7. The number of rotatable bonds is 5. The third-order valence-electron chi connectivity index (χ3n) is 3.42. The van der Waals surface area contributed by atoms with Crippen LogP contribution in [0.25, 0.3) is 11.0 Å². The fourth-order valence-electron chi connectivity index (χ4n) is 2.33. The second-order valence-corrected chi connectivity index (χ2v) is 5.12. The predicted molar refractivity (Wildman–Crippen MR) is 84.6 cm³/mol. The smallest absolute Gasteiger partial charge is 0.272 e. The SMILES string of the molecule is NC(=O)CNC(=O)c1nn(Cc2ccccc2F)c2ncccc12. The fourth-order valence-corrected chi connectivity index (χ4v) is 2.33. The minimum atomic E-state index is -0.656. The number of carbonyl (C=O) groups is 2. The van der Waals surface area contributed by atoms with Crippen molar-refractivity contribution in [3.8, 4) is 0 Å². The van der Waals surface area contributed by atoms with Crippen LogP contribution in [0.1, 0.15) is 16.1 Å². The van der Waals surface area contributed by atoms with Gasteiger partial charge in [-0.25, -0.2) is 14.1 Å². The number of benzene rings is 1. The first kappa shape index (κ1) is 15.6. The zero-order valence-corrected chi connectivity index (χ0v) is 12.6. The van der Waals surface area contributed by atoms with Crippen LogP contribution in [0.15, 0.2) is 42.6 Å². The molecule has 3 N–H and O–H groups in total. The van der Waals surface area contributed by atoms with E-state index in [0.717, 1.165) is 0 Å². The van der Waals surface area contributed by atoms with Gasteiger partial charge in [-0.15, -0.1) is 0 Å². The van der Waals surface area contributed by atoms with Crippen LogP contribution in [0.2, 0.25) is 0 Å². The molecule has 2 heterocycles. The van der Waals surface area contributed by atoms with Crippen LogP contribution in [-0.2, 0) is 11.3 Å². The van der Waals surface area contributed by atoms with Crippen molar-refractivity contribution in [2.24, 2.45) is 5.73 Å². The molecule has 0 aliphatic rings. The quantitative estimate of drug-likeness (QED) is 0.724. The molecule has 0 saturated carbocycles. The molecule has 7 nitrogen and oxygen atoms in total. The summed E-state index contributed by atoms with van der Waals surface area (Å²) in [7, 11) is 0. The number of hydrogen-bond acceptors (Lipinski definition) is 4. The standard InChI is InChI=1S/C16H14FN5O2/c17-12-6-2-1-4-10(12)9-22-15-11(5-3-7-19-15)14(21-22)16(24)20-8-13(18)23/h1-7H,8-9H2,(H2,18,23)(H,20,24). The highest BCUT2D eigenvalue weighted by molar-refractivity contribution is 6.04. The van der Waals surface area contributed by atoms with Gasteiger partial charge in [0.05, 0.1) is 18.5 Å². The molecule has 0 aliphatic carbocycles. The molecule has 2 amide bonds. The van der Waals surface area contributed by atoms with Crippen LogP contribution in [0.3, 0.4) is 0 Å². The number of carbonyl (C=O) groups excluding carboxylic acids is 2. The van der Waals surface area contributed by atoms with Gasteiger partial charge in [0.2, 0.25) is 5.91 Å². The Kier molecular flexibility index (Phi) is 4.19. The Balaban J connectivity index is 1.99. The Hall–Kier alpha value is -3.29. The number of aromatic nitrogens is 3. The molecule has 0 radical (unpaired) electrons. The Labute approximate surface area is 136 Å². The lowest BCUT2D eigenvalue weighted by atomic mass is 10.2. The van der Waals surface area contributed by atoms with Crippen molar-refractivity contribution < 1.29 is 14.0 Å². The van der Waals surface area contributed by atoms with Crippen molar-refractivity contribution in [3.63, 3.8) is 0 Å². The summed E-state index contributed by atoms with van der Waals surface area (Å²) in [5.41, 5.74) is 6.01. The maximum Gasteiger partial charge on any atom is 0.272 e. The number of fused-ring (bicyclic) bond motifs is 1. The lowest BCUT2D eigenvalue weighted by Gasteiger charge is -2.04. The molecule has 24 heavy (non-hydrogen) atoms. The summed E-state index contributed by atoms with van der Waals surface area (Å²) in [6, 6.07) is 9.67. The lowest BCUT2D eigenvalue weighted by molar-refractivity contribution is -0.117. The summed E-state index contributed by atoms with van der Waals surface area (Å²) >= 11 is 0. The van der Waals surface area contributed by atoms with Gasteiger partial charge < -0.3 is 11.1 Å². The molecule has 2 aromatic heterocycles. The second kappa shape index (κ2) is 6.45. The fraction of sp³-hybridized carbons (Fsp3) is 0.125. The average molecular weight is 327 g/mol. The summed E-state index contributed by atoms with van der Waals surface area (Å²) in [6.07, 6.45) is 1.56. The zero-order chi connectivity index (χ0) is 17.1. The van der Waals surface area contributed by atoms with Crippen molar-refractivity contribution in [1.29, 1.82) is 0 Å². The van der Waals surface area contributed by atoms with Gasteiger partial charge in [0.25, 0.3) is 5.91 Å². The number of nitrogens with one attached hydrogen (secondary N) is 1. The van der Waals surface area contributed by atoms with E-state index in [1.54, 1.807) is 36.5 Å². The highest BCUT2D eigenvalue weighted by Crippen LogP contribution is 2.18. The molecule has 0 aliphatic heterocycles. The van der Waals surface area contributed by atoms with Crippen molar-refractivity contribution in [3.05, 3.63) is 59.7 Å². The zero-order valence-electron chi connectivity index (χ0n) is 12.6. The summed E-state index contributed by atoms with van der Waals surface area (Å²) in [5, 5.41) is 7.12. The molecule has 8 heteroatoms. The van der Waals surface area contributed by atoms with Gasteiger partial charge in [-0.05, 0) is 18.2 Å². The van der Waals surface area contributed by atoms with E-state index < -0.39 is 11.8 Å². The number of nitrogens with two attached hydrogens (primary N) is 1. The topological polar surface area (TPSA) is 103 Å². The summed E-state index contributed by atoms with van der Waals surface area (Å²) in [6.45, 7) is -0.163. The van der Waals surface area contributed by atoms with Gasteiger partial charge in [0, 0.05) is 11.8 Å². The Morgan fingerprint density at radius 2 is 2.00 bits per heavy atom. The van der Waals surface area contributed by atoms with Gasteiger partial charge in [0.1, 0.15) is 5.82 Å². The first-order valence-electron chi connectivity index (χ1n) is 7.17. The van der Waals surface area contributed by atoms with Gasteiger partial charge in [-0.2, -0.15) is 5.10 Å². The number of primary amides is 1. The first-order valence-corrected chi connectivity index (χ1v) is 7.17. The minimum absolute atomic E-state index is 0.107. The molecular weight excluding hydrogens is 313 g/mol. The number of hydrogen-bond donors (Lipinski definition) is 2. The van der Waals surface area contributed by atoms with Gasteiger partial charge in [-0.1, -0.05) is 18.2 Å². The van der Waals surface area contributed by atoms with E-state index >= 15 is 0 Å². The molecular formula is C16H14FN5O2. The summed E-state index contributed by atoms with van der Waals surface area (Å²) in [4.78, 5) is 27.2. The van der Waals surface area contributed by atoms with Crippen molar-refractivity contribution in [2.45, 2.75) is 6.54 Å². The van der Waals surface area contributed by atoms with Crippen LogP contribution in [0.5, 0.6) is 0 Å². The molecule has 0 spiro atoms. The van der Waals surface area contributed by atoms with E-state index in [4.69, 9.17) is 5.73 Å². The molecule has 1 aromatic carbocycles. The average Bonchev–Trinajstić information content (AvgIpc) is 2.94. The molecule has 3 aromatic rings. The highest BCUT2D eigenvalue weighted by atomic mass is 19.1. The largest absolute Gasteiger partial charge is 0.368 e. The molecule has 3 rings (SSSR count). The molecule has 0 atom stereocenters. The van der Waals surface area contributed by atoms with Crippen molar-refractivity contribution in [1.82, 2.24) is 20.1 Å². The van der Waals surface area contributed by atoms with Crippen LogP contribution < -0.4 is 11.1 Å². The van der Waals surface area contributed by atoms with E-state index in [1.165, 1.54) is 10.7 Å². The molecule has 0 unspecified atom stereocenters. The number of pyridine rings is 1. The Morgan fingerprint density at radius 1 is 1.21 bits per heavy atom. The molecule has 122 valence electrons. The van der Waals surface area contributed by atoms with Crippen LogP contribution in [0.4, 0.5) is 4.39 Å². The maximum absolute atomic E-state index is 13.9. The van der Waals surface area contributed by atoms with Crippen molar-refractivity contribution >= 4 is 22.8 Å². The summed E-state index contributed by atoms with van der Waals surface area (Å²) < 4.78 is 15.3. The number of nitrogens with zero attached hydrogens (tertiary/aromatic N) is 3. The van der Waals surface area contributed by atoms with E-state index in [9.17, 15) is 14.0 Å². The monoisotopic (exact) mass is 327 g/mol. The molecule has 0 fully saturated rings. The lowest BCUT2D eigenvalue weighted by Crippen LogP contribution is -2.33. The van der Waals surface area contributed by atoms with E-state index in [0.29, 0.717) is 16.6 Å². The summed E-state index contributed by atoms with van der Waals surface area (Å²) in [5.74, 6) is -1.56. The second-order valence-electron chi connectivity index (χ2n) is 5.12. The van der Waals surface area contributed by atoms with E-state index in [2.05, 4.69) is 15.4 Å². The van der Waals surface area contributed by atoms with Crippen LogP contribution in [-0.4, -0.2) is 33.1 Å². The van der Waals surface area contributed by atoms with E-state index in [1.807, 2.05) is 0 Å². The minimum Gasteiger partial charge on any atom is -0.368 e. The number of amides is 2. The van der Waals surface area contributed by atoms with E-state index in [-0.39, 0.29) is 24.6 Å². The third kappa shape index (κ3) is 3.07. The molecule has 0 saturated heterocycles.